The highest BCUT2D eigenvalue weighted by Crippen LogP contribution is 2.05. The molecule has 0 aliphatic carbocycles. The quantitative estimate of drug-likeness (QED) is 0.227. The van der Waals surface area contributed by atoms with Crippen molar-refractivity contribution in [3.8, 4) is 0 Å². The number of hydrogen-bond acceptors (Lipinski definition) is 9. The van der Waals surface area contributed by atoms with E-state index in [1.54, 1.807) is 36.4 Å². The van der Waals surface area contributed by atoms with Crippen molar-refractivity contribution in [3.63, 3.8) is 0 Å². The smallest absolute Gasteiger partial charge is 0.335 e. The molecular weight excluding hydrogens is 468 g/mol. The molecule has 3 aromatic carbocycles. The summed E-state index contributed by atoms with van der Waals surface area (Å²) in [6.07, 6.45) is 4.31. The number of nitrogens with zero attached hydrogens (tertiary/aromatic N) is 3. The molecule has 1 heterocycles. The van der Waals surface area contributed by atoms with Gasteiger partial charge in [0.05, 0.1) is 16.7 Å². The van der Waals surface area contributed by atoms with E-state index in [4.69, 9.17) is 32.5 Å². The van der Waals surface area contributed by atoms with Crippen LogP contribution in [0.15, 0.2) is 91.8 Å². The first kappa shape index (κ1) is 28.5. The van der Waals surface area contributed by atoms with Crippen LogP contribution in [-0.4, -0.2) is 48.2 Å². The molecule has 186 valence electrons. The Morgan fingerprint density at radius 2 is 0.639 bits per heavy atom. The molecule has 0 saturated heterocycles. The average molecular weight is 492 g/mol. The van der Waals surface area contributed by atoms with Crippen LogP contribution in [0.25, 0.3) is 0 Å². The third kappa shape index (κ3) is 11.9. The number of benzene rings is 3. The van der Waals surface area contributed by atoms with Crippen LogP contribution in [0.2, 0.25) is 0 Å². The van der Waals surface area contributed by atoms with E-state index in [9.17, 15) is 14.4 Å². The van der Waals surface area contributed by atoms with Gasteiger partial charge in [-0.2, -0.15) is 0 Å². The molecule has 0 amide bonds. The maximum Gasteiger partial charge on any atom is 0.335 e. The standard InChI is InChI=1S/3C7H7NO2.C3H3N3/c3*8-6-3-1-5(2-4-6)7(9)10;1-4-2-6-3-5-1/h3*1-4H,8H2,(H,9,10);1-3H. The van der Waals surface area contributed by atoms with Gasteiger partial charge in [-0.15, -0.1) is 0 Å². The van der Waals surface area contributed by atoms with Gasteiger partial charge < -0.3 is 32.5 Å². The van der Waals surface area contributed by atoms with E-state index in [2.05, 4.69) is 15.0 Å². The number of aromatic carboxylic acids is 3. The summed E-state index contributed by atoms with van der Waals surface area (Å²) >= 11 is 0. The molecule has 12 nitrogen and oxygen atoms in total. The molecule has 0 spiro atoms. The minimum absolute atomic E-state index is 0.259. The number of rotatable bonds is 3. The van der Waals surface area contributed by atoms with E-state index in [0.29, 0.717) is 17.1 Å². The third-order valence-corrected chi connectivity index (χ3v) is 3.87. The molecule has 0 unspecified atom stereocenters. The van der Waals surface area contributed by atoms with Gasteiger partial charge in [0, 0.05) is 17.1 Å². The van der Waals surface area contributed by atoms with E-state index in [0.717, 1.165) is 0 Å². The number of nitrogen functional groups attached to an aromatic ring is 3. The number of aromatic nitrogens is 3. The predicted octanol–water partition coefficient (Wildman–Crippen LogP) is 2.77. The fourth-order valence-electron chi connectivity index (χ4n) is 2.08. The van der Waals surface area contributed by atoms with Gasteiger partial charge in [-0.3, -0.25) is 0 Å². The van der Waals surface area contributed by atoms with E-state index in [1.165, 1.54) is 55.4 Å². The zero-order chi connectivity index (χ0) is 26.9. The first-order chi connectivity index (χ1) is 17.1. The van der Waals surface area contributed by atoms with Crippen molar-refractivity contribution >= 4 is 35.0 Å². The van der Waals surface area contributed by atoms with Gasteiger partial charge in [0.15, 0.2) is 0 Å². The van der Waals surface area contributed by atoms with Gasteiger partial charge in [0.1, 0.15) is 19.0 Å². The molecule has 36 heavy (non-hydrogen) atoms. The monoisotopic (exact) mass is 492 g/mol. The minimum atomic E-state index is -0.931. The molecular formula is C24H24N6O6. The Morgan fingerprint density at radius 1 is 0.444 bits per heavy atom. The van der Waals surface area contributed by atoms with Gasteiger partial charge in [0.2, 0.25) is 0 Å². The zero-order valence-corrected chi connectivity index (χ0v) is 18.8. The fraction of sp³-hybridized carbons (Fsp3) is 0. The normalized spacial score (nSPS) is 9.00. The maximum atomic E-state index is 10.3. The highest BCUT2D eigenvalue weighted by molar-refractivity contribution is 5.88. The Kier molecular flexibility index (Phi) is 12.2. The Hall–Kier alpha value is -5.52. The van der Waals surface area contributed by atoms with E-state index >= 15 is 0 Å². The van der Waals surface area contributed by atoms with Gasteiger partial charge in [0.25, 0.3) is 0 Å². The summed E-state index contributed by atoms with van der Waals surface area (Å²) < 4.78 is 0. The topological polar surface area (TPSA) is 229 Å². The molecule has 1 aromatic heterocycles. The van der Waals surface area contributed by atoms with Crippen molar-refractivity contribution in [1.29, 1.82) is 0 Å². The van der Waals surface area contributed by atoms with Crippen molar-refractivity contribution in [3.05, 3.63) is 108 Å². The van der Waals surface area contributed by atoms with Crippen molar-refractivity contribution in [2.75, 3.05) is 17.2 Å². The van der Waals surface area contributed by atoms with E-state index < -0.39 is 17.9 Å². The van der Waals surface area contributed by atoms with Crippen LogP contribution < -0.4 is 17.2 Å². The van der Waals surface area contributed by atoms with Crippen LogP contribution in [0.5, 0.6) is 0 Å². The number of carboxylic acids is 3. The summed E-state index contributed by atoms with van der Waals surface area (Å²) in [6, 6.07) is 18.2. The molecule has 12 heteroatoms. The Balaban J connectivity index is 0.000000244. The summed E-state index contributed by atoms with van der Waals surface area (Å²) in [5, 5.41) is 25.3. The number of hydrogen-bond donors (Lipinski definition) is 6. The lowest BCUT2D eigenvalue weighted by atomic mass is 10.2. The van der Waals surface area contributed by atoms with Gasteiger partial charge in [-0.05, 0) is 72.8 Å². The molecule has 0 aliphatic heterocycles. The fourth-order valence-corrected chi connectivity index (χ4v) is 2.08. The Labute approximate surface area is 205 Å². The van der Waals surface area contributed by atoms with Crippen LogP contribution >= 0.6 is 0 Å². The maximum absolute atomic E-state index is 10.3. The lowest BCUT2D eigenvalue weighted by Crippen LogP contribution is -1.95. The SMILES string of the molecule is Nc1ccc(C(=O)O)cc1.Nc1ccc(C(=O)O)cc1.Nc1ccc(C(=O)O)cc1.c1ncncn1. The second kappa shape index (κ2) is 15.3. The molecule has 0 bridgehead atoms. The first-order valence-corrected chi connectivity index (χ1v) is 9.91. The molecule has 9 N–H and O–H groups in total. The third-order valence-electron chi connectivity index (χ3n) is 3.87. The summed E-state index contributed by atoms with van der Waals surface area (Å²) in [4.78, 5) is 41.5. The average Bonchev–Trinajstić information content (AvgIpc) is 2.87. The lowest BCUT2D eigenvalue weighted by molar-refractivity contribution is 0.0686. The van der Waals surface area contributed by atoms with E-state index in [1.807, 2.05) is 0 Å². The molecule has 4 aromatic rings. The molecule has 4 rings (SSSR count). The van der Waals surface area contributed by atoms with Crippen LogP contribution in [0.4, 0.5) is 17.1 Å². The number of anilines is 3. The van der Waals surface area contributed by atoms with Crippen LogP contribution in [0.3, 0.4) is 0 Å². The highest BCUT2D eigenvalue weighted by atomic mass is 16.4. The Morgan fingerprint density at radius 3 is 0.778 bits per heavy atom. The van der Waals surface area contributed by atoms with Crippen LogP contribution in [0.1, 0.15) is 31.1 Å². The number of nitrogens with two attached hydrogens (primary N) is 3. The lowest BCUT2D eigenvalue weighted by Gasteiger charge is -1.93. The first-order valence-electron chi connectivity index (χ1n) is 9.91. The molecule has 0 atom stereocenters. The van der Waals surface area contributed by atoms with Crippen molar-refractivity contribution in [2.45, 2.75) is 0 Å². The van der Waals surface area contributed by atoms with Crippen LogP contribution in [-0.2, 0) is 0 Å². The Bertz CT molecular complexity index is 1060. The molecule has 0 radical (unpaired) electrons. The van der Waals surface area contributed by atoms with Gasteiger partial charge in [-0.25, -0.2) is 29.3 Å². The second-order valence-electron chi connectivity index (χ2n) is 6.58. The van der Waals surface area contributed by atoms with Gasteiger partial charge in [-0.1, -0.05) is 0 Å². The van der Waals surface area contributed by atoms with Crippen molar-refractivity contribution in [2.24, 2.45) is 0 Å². The largest absolute Gasteiger partial charge is 0.478 e. The van der Waals surface area contributed by atoms with E-state index in [-0.39, 0.29) is 16.7 Å². The van der Waals surface area contributed by atoms with Crippen molar-refractivity contribution in [1.82, 2.24) is 15.0 Å². The summed E-state index contributed by atoms with van der Waals surface area (Å²) in [5.74, 6) is -2.79. The summed E-state index contributed by atoms with van der Waals surface area (Å²) in [7, 11) is 0. The van der Waals surface area contributed by atoms with Crippen LogP contribution in [0, 0.1) is 0 Å². The highest BCUT2D eigenvalue weighted by Gasteiger charge is 2.00. The number of carboxylic acid groups (broad SMARTS) is 3. The van der Waals surface area contributed by atoms with Crippen molar-refractivity contribution < 1.29 is 29.7 Å². The molecule has 0 aliphatic rings. The van der Waals surface area contributed by atoms with Gasteiger partial charge >= 0.3 is 17.9 Å². The molecule has 0 saturated carbocycles. The molecule has 0 fully saturated rings. The summed E-state index contributed by atoms with van der Waals surface area (Å²) in [6.45, 7) is 0. The number of carbonyl (C=O) groups is 3. The predicted molar refractivity (Wildman–Crippen MR) is 133 cm³/mol. The minimum Gasteiger partial charge on any atom is -0.478 e. The zero-order valence-electron chi connectivity index (χ0n) is 18.8. The second-order valence-corrected chi connectivity index (χ2v) is 6.58. The summed E-state index contributed by atoms with van der Waals surface area (Å²) in [5.41, 5.74) is 18.5.